The fraction of sp³-hybridized carbons (Fsp3) is 0.125. The van der Waals surface area contributed by atoms with Gasteiger partial charge in [0.15, 0.2) is 0 Å². The number of benzene rings is 3. The fourth-order valence-electron chi connectivity index (χ4n) is 3.47. The van der Waals surface area contributed by atoms with Gasteiger partial charge in [0.05, 0.1) is 11.4 Å². The van der Waals surface area contributed by atoms with Gasteiger partial charge < -0.3 is 0 Å². The van der Waals surface area contributed by atoms with Gasteiger partial charge >= 0.3 is 0 Å². The van der Waals surface area contributed by atoms with Crippen molar-refractivity contribution in [1.29, 1.82) is 0 Å². The van der Waals surface area contributed by atoms with Crippen LogP contribution >= 0.6 is 11.8 Å². The molecule has 3 aromatic carbocycles. The average molecular weight is 372 g/mol. The van der Waals surface area contributed by atoms with Gasteiger partial charge in [-0.15, -0.1) is 11.8 Å². The summed E-state index contributed by atoms with van der Waals surface area (Å²) < 4.78 is 0. The minimum Gasteiger partial charge on any atom is -0.277 e. The molecule has 0 saturated heterocycles. The number of aryl methyl sites for hydroxylation is 2. The smallest absolute Gasteiger partial charge is 0.255 e. The van der Waals surface area contributed by atoms with Crippen LogP contribution in [-0.2, 0) is 17.6 Å². The highest BCUT2D eigenvalue weighted by Crippen LogP contribution is 2.36. The van der Waals surface area contributed by atoms with Crippen molar-refractivity contribution in [2.75, 3.05) is 11.2 Å². The van der Waals surface area contributed by atoms with E-state index < -0.39 is 0 Å². The van der Waals surface area contributed by atoms with Gasteiger partial charge in [0.2, 0.25) is 0 Å². The first kappa shape index (κ1) is 17.6. The molecule has 134 valence electrons. The number of hydrogen-bond acceptors (Lipinski definition) is 2. The number of hydrogen-bond donors (Lipinski definition) is 0. The van der Waals surface area contributed by atoms with Crippen molar-refractivity contribution in [2.24, 2.45) is 0 Å². The SMILES string of the molecule is CSc1ccc(/C=C/C(=O)N2c3ccccc3CCc3ccccc32)cc1. The number of fused-ring (bicyclic) bond motifs is 2. The number of thioether (sulfide) groups is 1. The van der Waals surface area contributed by atoms with Crippen LogP contribution in [0.25, 0.3) is 6.08 Å². The molecule has 3 aromatic rings. The van der Waals surface area contributed by atoms with Crippen molar-refractivity contribution in [3.63, 3.8) is 0 Å². The Kier molecular flexibility index (Phi) is 5.12. The number of anilines is 2. The van der Waals surface area contributed by atoms with Crippen molar-refractivity contribution in [3.05, 3.63) is 95.6 Å². The third kappa shape index (κ3) is 3.69. The topological polar surface area (TPSA) is 20.3 Å². The van der Waals surface area contributed by atoms with E-state index in [9.17, 15) is 4.79 Å². The van der Waals surface area contributed by atoms with Crippen molar-refractivity contribution < 1.29 is 4.79 Å². The summed E-state index contributed by atoms with van der Waals surface area (Å²) >= 11 is 1.71. The van der Waals surface area contributed by atoms with Crippen molar-refractivity contribution in [3.8, 4) is 0 Å². The van der Waals surface area contributed by atoms with Crippen LogP contribution in [0, 0.1) is 0 Å². The van der Waals surface area contributed by atoms with Crippen molar-refractivity contribution in [2.45, 2.75) is 17.7 Å². The maximum Gasteiger partial charge on any atom is 0.255 e. The molecule has 1 aliphatic rings. The Balaban J connectivity index is 1.71. The molecule has 0 atom stereocenters. The van der Waals surface area contributed by atoms with E-state index in [1.807, 2.05) is 59.5 Å². The number of nitrogens with zero attached hydrogens (tertiary/aromatic N) is 1. The Bertz CT molecular complexity index is 944. The van der Waals surface area contributed by atoms with Gasteiger partial charge in [0, 0.05) is 11.0 Å². The number of para-hydroxylation sites is 2. The molecular formula is C24H21NOS. The Morgan fingerprint density at radius 2 is 1.41 bits per heavy atom. The standard InChI is InChI=1S/C24H21NOS/c1-27-21-15-10-18(11-16-21)12-17-24(26)25-22-8-4-2-6-19(22)13-14-20-7-3-5-9-23(20)25/h2-12,15-17H,13-14H2,1H3/b17-12+. The molecule has 1 amide bonds. The number of carbonyl (C=O) groups excluding carboxylic acids is 1. The van der Waals surface area contributed by atoms with E-state index in [4.69, 9.17) is 0 Å². The second kappa shape index (κ2) is 7.85. The lowest BCUT2D eigenvalue weighted by Crippen LogP contribution is -2.24. The first-order valence-corrected chi connectivity index (χ1v) is 10.3. The van der Waals surface area contributed by atoms with Crippen LogP contribution in [0.15, 0.2) is 83.8 Å². The zero-order valence-electron chi connectivity index (χ0n) is 15.3. The van der Waals surface area contributed by atoms with E-state index in [1.165, 1.54) is 16.0 Å². The molecule has 0 bridgehead atoms. The van der Waals surface area contributed by atoms with Crippen molar-refractivity contribution in [1.82, 2.24) is 0 Å². The van der Waals surface area contributed by atoms with E-state index >= 15 is 0 Å². The molecule has 1 aliphatic heterocycles. The Morgan fingerprint density at radius 3 is 1.96 bits per heavy atom. The van der Waals surface area contributed by atoms with Crippen LogP contribution in [0.4, 0.5) is 11.4 Å². The van der Waals surface area contributed by atoms with Crippen LogP contribution < -0.4 is 4.90 Å². The second-order valence-corrected chi connectivity index (χ2v) is 7.42. The third-order valence-electron chi connectivity index (χ3n) is 4.88. The van der Waals surface area contributed by atoms with Crippen LogP contribution in [-0.4, -0.2) is 12.2 Å². The lowest BCUT2D eigenvalue weighted by atomic mass is 10.0. The van der Waals surface area contributed by atoms with E-state index in [2.05, 4.69) is 30.5 Å². The second-order valence-electron chi connectivity index (χ2n) is 6.54. The molecule has 1 heterocycles. The van der Waals surface area contributed by atoms with Gasteiger partial charge in [0.1, 0.15) is 0 Å². The molecule has 0 fully saturated rings. The van der Waals surface area contributed by atoms with Crippen LogP contribution in [0.5, 0.6) is 0 Å². The molecule has 0 N–H and O–H groups in total. The molecule has 27 heavy (non-hydrogen) atoms. The summed E-state index contributed by atoms with van der Waals surface area (Å²) in [5.41, 5.74) is 5.40. The summed E-state index contributed by atoms with van der Waals surface area (Å²) in [4.78, 5) is 16.3. The predicted molar refractivity (Wildman–Crippen MR) is 115 cm³/mol. The lowest BCUT2D eigenvalue weighted by molar-refractivity contribution is -0.113. The maximum atomic E-state index is 13.2. The highest BCUT2D eigenvalue weighted by atomic mass is 32.2. The normalized spacial score (nSPS) is 13.1. The summed E-state index contributed by atoms with van der Waals surface area (Å²) in [6, 6.07) is 24.6. The molecule has 0 aromatic heterocycles. The quantitative estimate of drug-likeness (QED) is 0.423. The summed E-state index contributed by atoms with van der Waals surface area (Å²) in [5, 5.41) is 0. The van der Waals surface area contributed by atoms with Crippen molar-refractivity contribution >= 4 is 35.1 Å². The summed E-state index contributed by atoms with van der Waals surface area (Å²) in [6.07, 6.45) is 7.51. The molecule has 3 heteroatoms. The van der Waals surface area contributed by atoms with Gasteiger partial charge in [-0.25, -0.2) is 0 Å². The largest absolute Gasteiger partial charge is 0.277 e. The predicted octanol–water partition coefficient (Wildman–Crippen LogP) is 5.89. The minimum atomic E-state index is -0.0225. The lowest BCUT2D eigenvalue weighted by Gasteiger charge is -2.23. The molecule has 2 nitrogen and oxygen atoms in total. The first-order valence-electron chi connectivity index (χ1n) is 9.08. The summed E-state index contributed by atoms with van der Waals surface area (Å²) in [7, 11) is 0. The molecule has 0 radical (unpaired) electrons. The summed E-state index contributed by atoms with van der Waals surface area (Å²) in [5.74, 6) is -0.0225. The number of carbonyl (C=O) groups is 1. The molecule has 0 spiro atoms. The van der Waals surface area contributed by atoms with Gasteiger partial charge in [-0.3, -0.25) is 9.69 Å². The highest BCUT2D eigenvalue weighted by Gasteiger charge is 2.23. The Labute approximate surface area is 164 Å². The van der Waals surface area contributed by atoms with Crippen LogP contribution in [0.2, 0.25) is 0 Å². The molecular weight excluding hydrogens is 350 g/mol. The third-order valence-corrected chi connectivity index (χ3v) is 5.63. The Morgan fingerprint density at radius 1 is 0.852 bits per heavy atom. The van der Waals surface area contributed by atoms with E-state index in [-0.39, 0.29) is 5.91 Å². The zero-order chi connectivity index (χ0) is 18.6. The first-order chi connectivity index (χ1) is 13.3. The number of rotatable bonds is 3. The Hall–Kier alpha value is -2.78. The van der Waals surface area contributed by atoms with Crippen LogP contribution in [0.3, 0.4) is 0 Å². The molecule has 0 saturated carbocycles. The fourth-order valence-corrected chi connectivity index (χ4v) is 3.88. The molecule has 0 unspecified atom stereocenters. The maximum absolute atomic E-state index is 13.2. The number of amides is 1. The van der Waals surface area contributed by atoms with E-state index in [0.29, 0.717) is 0 Å². The van der Waals surface area contributed by atoms with Gasteiger partial charge in [0.25, 0.3) is 5.91 Å². The molecule has 0 aliphatic carbocycles. The zero-order valence-corrected chi connectivity index (χ0v) is 16.1. The van der Waals surface area contributed by atoms with Gasteiger partial charge in [-0.1, -0.05) is 48.5 Å². The molecule has 4 rings (SSSR count). The van der Waals surface area contributed by atoms with Crippen LogP contribution in [0.1, 0.15) is 16.7 Å². The highest BCUT2D eigenvalue weighted by molar-refractivity contribution is 7.98. The minimum absolute atomic E-state index is 0.0225. The average Bonchev–Trinajstić information content (AvgIpc) is 2.89. The van der Waals surface area contributed by atoms with Gasteiger partial charge in [-0.2, -0.15) is 0 Å². The summed E-state index contributed by atoms with van der Waals surface area (Å²) in [6.45, 7) is 0. The van der Waals surface area contributed by atoms with E-state index in [1.54, 1.807) is 17.8 Å². The van der Waals surface area contributed by atoms with E-state index in [0.717, 1.165) is 29.8 Å². The monoisotopic (exact) mass is 371 g/mol. The van der Waals surface area contributed by atoms with Gasteiger partial charge in [-0.05, 0) is 66.1 Å².